The molecule has 0 aromatic carbocycles. The van der Waals surface area contributed by atoms with Crippen LogP contribution in [0.15, 0.2) is 0 Å². The molecule has 4 aliphatic carbocycles. The van der Waals surface area contributed by atoms with Crippen molar-refractivity contribution in [1.82, 2.24) is 0 Å². The minimum absolute atomic E-state index is 0.128. The van der Waals surface area contributed by atoms with Crippen LogP contribution in [0.3, 0.4) is 0 Å². The molecule has 1 N–H and O–H groups in total. The smallest absolute Gasteiger partial charge is 0.412 e. The zero-order chi connectivity index (χ0) is 27.9. The molecule has 38 heavy (non-hydrogen) atoms. The zero-order valence-electron chi connectivity index (χ0n) is 25.2. The van der Waals surface area contributed by atoms with E-state index in [0.29, 0.717) is 29.6 Å². The molecule has 0 aromatic heterocycles. The van der Waals surface area contributed by atoms with Crippen LogP contribution >= 0.6 is 0 Å². The van der Waals surface area contributed by atoms with Crippen molar-refractivity contribution in [2.75, 3.05) is 28.4 Å². The predicted octanol–water partition coefficient (Wildman–Crippen LogP) is 5.78. The number of hydrogen-bond acceptors (Lipinski definition) is 7. The molecule has 0 spiro atoms. The Morgan fingerprint density at radius 3 is 2.26 bits per heavy atom. The predicted molar refractivity (Wildman–Crippen MR) is 145 cm³/mol. The van der Waals surface area contributed by atoms with Gasteiger partial charge in [0.25, 0.3) is 0 Å². The van der Waals surface area contributed by atoms with Crippen LogP contribution in [-0.2, 0) is 28.5 Å². The number of fused-ring (bicyclic) bond motifs is 5. The summed E-state index contributed by atoms with van der Waals surface area (Å²) < 4.78 is 28.7. The van der Waals surface area contributed by atoms with Crippen molar-refractivity contribution in [3.63, 3.8) is 0 Å². The van der Waals surface area contributed by atoms with Crippen LogP contribution < -0.4 is 0 Å². The van der Waals surface area contributed by atoms with Crippen molar-refractivity contribution >= 4 is 5.97 Å². The Balaban J connectivity index is 1.73. The highest BCUT2D eigenvalue weighted by atomic mass is 17.0. The molecule has 0 unspecified atom stereocenters. The number of methoxy groups -OCH3 is 4. The Morgan fingerprint density at radius 1 is 0.974 bits per heavy atom. The van der Waals surface area contributed by atoms with Gasteiger partial charge in [0.1, 0.15) is 0 Å². The second kappa shape index (κ2) is 11.6. The molecule has 0 radical (unpaired) electrons. The van der Waals surface area contributed by atoms with Crippen molar-refractivity contribution in [3.8, 4) is 0 Å². The lowest BCUT2D eigenvalue weighted by Crippen LogP contribution is -2.62. The van der Waals surface area contributed by atoms with Crippen LogP contribution in [0.1, 0.15) is 91.9 Å². The van der Waals surface area contributed by atoms with Crippen molar-refractivity contribution in [2.24, 2.45) is 52.3 Å². The number of aliphatic hydroxyl groups excluding tert-OH is 1. The molecule has 4 fully saturated rings. The van der Waals surface area contributed by atoms with Crippen LogP contribution in [0.4, 0.5) is 0 Å². The Labute approximate surface area is 230 Å². The second-order valence-electron chi connectivity index (χ2n) is 13.4. The Hall–Kier alpha value is -0.730. The lowest BCUT2D eigenvalue weighted by atomic mass is 9.41. The minimum Gasteiger partial charge on any atom is -0.467 e. The minimum atomic E-state index is -1.56. The maximum Gasteiger partial charge on any atom is 0.412 e. The van der Waals surface area contributed by atoms with Crippen molar-refractivity contribution < 1.29 is 33.6 Å². The van der Waals surface area contributed by atoms with Gasteiger partial charge >= 0.3 is 12.1 Å². The van der Waals surface area contributed by atoms with Gasteiger partial charge in [-0.1, -0.05) is 47.0 Å². The summed E-state index contributed by atoms with van der Waals surface area (Å²) in [5.74, 6) is 3.20. The summed E-state index contributed by atoms with van der Waals surface area (Å²) in [5, 5.41) is 10.5. The molecule has 11 atom stereocenters. The van der Waals surface area contributed by atoms with Gasteiger partial charge in [0, 0.05) is 26.7 Å². The number of rotatable bonds is 10. The maximum atomic E-state index is 12.1. The van der Waals surface area contributed by atoms with Crippen LogP contribution in [0, 0.1) is 52.3 Å². The third kappa shape index (κ3) is 4.87. The molecule has 4 rings (SSSR count). The number of esters is 1. The molecular weight excluding hydrogens is 484 g/mol. The fourth-order valence-electron chi connectivity index (χ4n) is 10.4. The molecule has 7 heteroatoms. The zero-order valence-corrected chi connectivity index (χ0v) is 25.2. The van der Waals surface area contributed by atoms with E-state index in [1.807, 2.05) is 0 Å². The first-order valence-corrected chi connectivity index (χ1v) is 15.1. The van der Waals surface area contributed by atoms with Gasteiger partial charge in [-0.2, -0.15) is 0 Å². The van der Waals surface area contributed by atoms with Crippen LogP contribution in [-0.4, -0.2) is 57.9 Å². The van der Waals surface area contributed by atoms with Crippen molar-refractivity contribution in [3.05, 3.63) is 0 Å². The average molecular weight is 539 g/mol. The summed E-state index contributed by atoms with van der Waals surface area (Å²) in [5.41, 5.74) is 0.166. The van der Waals surface area contributed by atoms with Crippen molar-refractivity contribution in [1.29, 1.82) is 0 Å². The van der Waals surface area contributed by atoms with E-state index in [-0.39, 0.29) is 23.4 Å². The summed E-state index contributed by atoms with van der Waals surface area (Å²) in [6, 6.07) is 0. The third-order valence-corrected chi connectivity index (χ3v) is 12.2. The summed E-state index contributed by atoms with van der Waals surface area (Å²) >= 11 is 0. The van der Waals surface area contributed by atoms with E-state index in [2.05, 4.69) is 27.7 Å². The fraction of sp³-hybridized carbons (Fsp3) is 0.968. The SMILES string of the molecule is CC[C@H]1C[C@@H]2[C@H](C[C@H](OC(OC)(OC)OC)[C@]3(C)[C@@H]([C@H](C)C[C@H](O)C(=O)OC)CC[C@@H]23)[C@@]2(C)CCCC[C@@H]12. The van der Waals surface area contributed by atoms with Gasteiger partial charge in [-0.25, -0.2) is 4.79 Å². The highest BCUT2D eigenvalue weighted by molar-refractivity contribution is 5.74. The van der Waals surface area contributed by atoms with E-state index < -0.39 is 18.2 Å². The third-order valence-electron chi connectivity index (χ3n) is 12.2. The fourth-order valence-corrected chi connectivity index (χ4v) is 10.4. The molecule has 0 bridgehead atoms. The number of ether oxygens (including phenoxy) is 5. The molecule has 0 heterocycles. The van der Waals surface area contributed by atoms with E-state index in [1.54, 1.807) is 21.3 Å². The summed E-state index contributed by atoms with van der Waals surface area (Å²) in [6.45, 7) is 9.57. The average Bonchev–Trinajstić information content (AvgIpc) is 3.29. The first-order chi connectivity index (χ1) is 18.0. The second-order valence-corrected chi connectivity index (χ2v) is 13.4. The lowest BCUT2D eigenvalue weighted by Gasteiger charge is -2.64. The van der Waals surface area contributed by atoms with E-state index in [1.165, 1.54) is 45.6 Å². The van der Waals surface area contributed by atoms with Gasteiger partial charge in [0.2, 0.25) is 0 Å². The Bertz CT molecular complexity index is 806. The number of carbonyl (C=O) groups excluding carboxylic acids is 1. The van der Waals surface area contributed by atoms with E-state index in [4.69, 9.17) is 23.7 Å². The number of aliphatic hydroxyl groups is 1. The first kappa shape index (κ1) is 30.2. The first-order valence-electron chi connectivity index (χ1n) is 15.1. The monoisotopic (exact) mass is 538 g/mol. The number of carbonyl (C=O) groups is 1. The summed E-state index contributed by atoms with van der Waals surface area (Å²) in [7, 11) is 6.01. The molecule has 7 nitrogen and oxygen atoms in total. The van der Waals surface area contributed by atoms with Gasteiger partial charge in [-0.05, 0) is 91.8 Å². The molecule has 0 aliphatic heterocycles. The summed E-state index contributed by atoms with van der Waals surface area (Å²) in [4.78, 5) is 12.1. The van der Waals surface area contributed by atoms with E-state index >= 15 is 0 Å². The molecule has 0 aromatic rings. The lowest BCUT2D eigenvalue weighted by molar-refractivity contribution is -0.499. The Kier molecular flexibility index (Phi) is 9.26. The van der Waals surface area contributed by atoms with Gasteiger partial charge in [-0.15, -0.1) is 0 Å². The molecule has 4 aliphatic rings. The van der Waals surface area contributed by atoms with E-state index in [9.17, 15) is 9.90 Å². The summed E-state index contributed by atoms with van der Waals surface area (Å²) in [6.07, 6.45) is 8.69. The van der Waals surface area contributed by atoms with Gasteiger partial charge < -0.3 is 24.1 Å². The highest BCUT2D eigenvalue weighted by Gasteiger charge is 2.66. The normalized spacial score (nSPS) is 42.5. The van der Waals surface area contributed by atoms with Gasteiger partial charge in [-0.3, -0.25) is 4.74 Å². The van der Waals surface area contributed by atoms with E-state index in [0.717, 1.165) is 31.1 Å². The molecule has 4 saturated carbocycles. The van der Waals surface area contributed by atoms with Crippen LogP contribution in [0.5, 0.6) is 0 Å². The quantitative estimate of drug-likeness (QED) is 0.279. The molecular formula is C31H54O7. The molecule has 220 valence electrons. The van der Waals surface area contributed by atoms with Crippen LogP contribution in [0.25, 0.3) is 0 Å². The molecule has 0 saturated heterocycles. The van der Waals surface area contributed by atoms with Gasteiger partial charge in [0.05, 0.1) is 13.2 Å². The van der Waals surface area contributed by atoms with Crippen molar-refractivity contribution in [2.45, 2.75) is 110 Å². The largest absolute Gasteiger partial charge is 0.467 e. The topological polar surface area (TPSA) is 83.5 Å². The Morgan fingerprint density at radius 2 is 1.66 bits per heavy atom. The van der Waals surface area contributed by atoms with Crippen LogP contribution in [0.2, 0.25) is 0 Å². The standard InChI is InChI=1S/C31H54O7/c1-9-20-17-21-24-14-13-22(19(2)16-26(32)28(33)34-5)30(24,4)27(38-31(35-6,36-7)37-8)18-25(21)29(3)15-11-10-12-23(20)29/h19-27,32H,9-18H2,1-8H3/t19-,20+,21+,22-,23+,24+,25+,26+,27+,29+,30-/m1/s1. The molecule has 0 amide bonds. The highest BCUT2D eigenvalue weighted by Crippen LogP contribution is 2.70. The number of hydrogen-bond donors (Lipinski definition) is 1. The maximum absolute atomic E-state index is 12.1. The van der Waals surface area contributed by atoms with Gasteiger partial charge in [0.15, 0.2) is 6.10 Å².